The maximum absolute atomic E-state index is 11.2. The predicted octanol–water partition coefficient (Wildman–Crippen LogP) is 0.480. The Bertz CT molecular complexity index is 593. The summed E-state index contributed by atoms with van der Waals surface area (Å²) in [6.07, 6.45) is -2.35. The average molecular weight is 264 g/mol. The standard InChI is InChI=1S/C13H16N2O4/c1-14-6-9(16)12(17)10-7-4-2-3-5-8(7)15-11(10)13(18)19/h2-5,9,12,14-17H,6H2,1H3,(H,18,19). The molecule has 2 aromatic rings. The molecule has 2 rings (SSSR count). The molecule has 0 aliphatic heterocycles. The Morgan fingerprint density at radius 3 is 2.68 bits per heavy atom. The molecule has 0 amide bonds. The third kappa shape index (κ3) is 2.46. The van der Waals surface area contributed by atoms with Crippen molar-refractivity contribution in [2.24, 2.45) is 0 Å². The van der Waals surface area contributed by atoms with E-state index in [0.717, 1.165) is 0 Å². The van der Waals surface area contributed by atoms with Gasteiger partial charge in [-0.3, -0.25) is 0 Å². The Labute approximate surface area is 109 Å². The largest absolute Gasteiger partial charge is 0.477 e. The molecule has 2 unspecified atom stereocenters. The maximum Gasteiger partial charge on any atom is 0.352 e. The topological polar surface area (TPSA) is 106 Å². The zero-order valence-electron chi connectivity index (χ0n) is 10.4. The first-order chi connectivity index (χ1) is 9.06. The first kappa shape index (κ1) is 13.5. The Kier molecular flexibility index (Phi) is 3.84. The second-order valence-corrected chi connectivity index (χ2v) is 4.33. The summed E-state index contributed by atoms with van der Waals surface area (Å²) >= 11 is 0. The third-order valence-electron chi connectivity index (χ3n) is 3.03. The fourth-order valence-electron chi connectivity index (χ4n) is 2.15. The summed E-state index contributed by atoms with van der Waals surface area (Å²) in [5.41, 5.74) is 0.736. The molecule has 0 bridgehead atoms. The van der Waals surface area contributed by atoms with E-state index in [0.29, 0.717) is 10.9 Å². The minimum Gasteiger partial charge on any atom is -0.477 e. The predicted molar refractivity (Wildman–Crippen MR) is 70.2 cm³/mol. The van der Waals surface area contributed by atoms with Gasteiger partial charge in [0.25, 0.3) is 0 Å². The van der Waals surface area contributed by atoms with Crippen LogP contribution in [0.1, 0.15) is 22.2 Å². The molecule has 2 atom stereocenters. The van der Waals surface area contributed by atoms with Gasteiger partial charge in [-0.25, -0.2) is 4.79 Å². The smallest absolute Gasteiger partial charge is 0.352 e. The minimum absolute atomic E-state index is 0.0937. The molecule has 0 aliphatic carbocycles. The molecule has 5 N–H and O–H groups in total. The average Bonchev–Trinajstić information content (AvgIpc) is 2.77. The summed E-state index contributed by atoms with van der Waals surface area (Å²) in [5.74, 6) is -1.16. The van der Waals surface area contributed by atoms with Crippen LogP contribution in [0.2, 0.25) is 0 Å². The van der Waals surface area contributed by atoms with Crippen LogP contribution < -0.4 is 5.32 Å². The van der Waals surface area contributed by atoms with E-state index in [2.05, 4.69) is 10.3 Å². The number of rotatable bonds is 5. The molecule has 0 saturated carbocycles. The molecule has 0 fully saturated rings. The van der Waals surface area contributed by atoms with E-state index in [1.54, 1.807) is 31.3 Å². The molecule has 6 nitrogen and oxygen atoms in total. The molecular formula is C13H16N2O4. The fourth-order valence-corrected chi connectivity index (χ4v) is 2.15. The molecule has 6 heteroatoms. The van der Waals surface area contributed by atoms with Gasteiger partial charge < -0.3 is 25.6 Å². The number of fused-ring (bicyclic) bond motifs is 1. The Morgan fingerprint density at radius 2 is 2.05 bits per heavy atom. The van der Waals surface area contributed by atoms with Crippen LogP contribution in [0.15, 0.2) is 24.3 Å². The van der Waals surface area contributed by atoms with Crippen LogP contribution in [0.3, 0.4) is 0 Å². The van der Waals surface area contributed by atoms with Crippen molar-refractivity contribution in [2.45, 2.75) is 12.2 Å². The normalized spacial score (nSPS) is 14.5. The lowest BCUT2D eigenvalue weighted by molar-refractivity contribution is 0.0200. The van der Waals surface area contributed by atoms with Crippen LogP contribution in [0.25, 0.3) is 10.9 Å². The van der Waals surface area contributed by atoms with E-state index < -0.39 is 18.2 Å². The number of carbonyl (C=O) groups is 1. The highest BCUT2D eigenvalue weighted by atomic mass is 16.4. The lowest BCUT2D eigenvalue weighted by Crippen LogP contribution is -2.30. The Hall–Kier alpha value is -1.89. The second-order valence-electron chi connectivity index (χ2n) is 4.33. The number of aromatic nitrogens is 1. The number of aliphatic hydroxyl groups excluding tert-OH is 2. The highest BCUT2D eigenvalue weighted by Gasteiger charge is 2.27. The van der Waals surface area contributed by atoms with Crippen LogP contribution in [-0.2, 0) is 0 Å². The number of aliphatic hydroxyl groups is 2. The molecule has 1 aromatic heterocycles. The van der Waals surface area contributed by atoms with Gasteiger partial charge in [0, 0.05) is 23.0 Å². The van der Waals surface area contributed by atoms with Gasteiger partial charge in [-0.15, -0.1) is 0 Å². The van der Waals surface area contributed by atoms with Crippen molar-refractivity contribution >= 4 is 16.9 Å². The minimum atomic E-state index is -1.27. The van der Waals surface area contributed by atoms with Gasteiger partial charge in [0.2, 0.25) is 0 Å². The number of likely N-dealkylation sites (N-methyl/N-ethyl adjacent to an activating group) is 1. The molecule has 19 heavy (non-hydrogen) atoms. The highest BCUT2D eigenvalue weighted by Crippen LogP contribution is 2.30. The maximum atomic E-state index is 11.2. The zero-order chi connectivity index (χ0) is 14.0. The highest BCUT2D eigenvalue weighted by molar-refractivity contribution is 5.97. The van der Waals surface area contributed by atoms with E-state index in [1.165, 1.54) is 0 Å². The van der Waals surface area contributed by atoms with Gasteiger partial charge >= 0.3 is 5.97 Å². The number of aromatic carboxylic acids is 1. The van der Waals surface area contributed by atoms with Crippen molar-refractivity contribution in [3.8, 4) is 0 Å². The van der Waals surface area contributed by atoms with Crippen molar-refractivity contribution in [1.29, 1.82) is 0 Å². The third-order valence-corrected chi connectivity index (χ3v) is 3.03. The van der Waals surface area contributed by atoms with Gasteiger partial charge in [-0.2, -0.15) is 0 Å². The Morgan fingerprint density at radius 1 is 1.37 bits per heavy atom. The number of para-hydroxylation sites is 1. The summed E-state index contributed by atoms with van der Waals surface area (Å²) in [6.45, 7) is 0.166. The van der Waals surface area contributed by atoms with Gasteiger partial charge in [-0.05, 0) is 13.1 Å². The van der Waals surface area contributed by atoms with Gasteiger partial charge in [0.15, 0.2) is 0 Å². The number of nitrogens with one attached hydrogen (secondary N) is 2. The summed E-state index contributed by atoms with van der Waals surface area (Å²) in [4.78, 5) is 14.0. The SMILES string of the molecule is CNCC(O)C(O)c1c(C(=O)O)[nH]c2ccccc12. The van der Waals surface area contributed by atoms with Crippen molar-refractivity contribution in [2.75, 3.05) is 13.6 Å². The van der Waals surface area contributed by atoms with Crippen molar-refractivity contribution in [3.63, 3.8) is 0 Å². The van der Waals surface area contributed by atoms with Crippen molar-refractivity contribution in [1.82, 2.24) is 10.3 Å². The number of carboxylic acid groups (broad SMARTS) is 1. The van der Waals surface area contributed by atoms with Crippen LogP contribution >= 0.6 is 0 Å². The summed E-state index contributed by atoms with van der Waals surface area (Å²) in [6, 6.07) is 6.96. The summed E-state index contributed by atoms with van der Waals surface area (Å²) in [7, 11) is 1.64. The summed E-state index contributed by atoms with van der Waals surface area (Å²) < 4.78 is 0. The van der Waals surface area contributed by atoms with Crippen LogP contribution in [0.5, 0.6) is 0 Å². The van der Waals surface area contributed by atoms with E-state index in [9.17, 15) is 20.1 Å². The molecule has 102 valence electrons. The fraction of sp³-hybridized carbons (Fsp3) is 0.308. The first-order valence-electron chi connectivity index (χ1n) is 5.91. The molecule has 0 radical (unpaired) electrons. The molecular weight excluding hydrogens is 248 g/mol. The van der Waals surface area contributed by atoms with Gasteiger partial charge in [-0.1, -0.05) is 18.2 Å². The number of hydrogen-bond acceptors (Lipinski definition) is 4. The van der Waals surface area contributed by atoms with E-state index >= 15 is 0 Å². The molecule has 1 aromatic carbocycles. The van der Waals surface area contributed by atoms with Crippen LogP contribution in [-0.4, -0.2) is 46.0 Å². The van der Waals surface area contributed by atoms with E-state index in [1.807, 2.05) is 0 Å². The number of carboxylic acids is 1. The van der Waals surface area contributed by atoms with Crippen LogP contribution in [0.4, 0.5) is 0 Å². The molecule has 0 saturated heterocycles. The van der Waals surface area contributed by atoms with Gasteiger partial charge in [0.05, 0.1) is 6.10 Å². The van der Waals surface area contributed by atoms with Crippen LogP contribution in [0, 0.1) is 0 Å². The molecule has 1 heterocycles. The Balaban J connectivity index is 2.56. The monoisotopic (exact) mass is 264 g/mol. The van der Waals surface area contributed by atoms with E-state index in [4.69, 9.17) is 0 Å². The zero-order valence-corrected chi connectivity index (χ0v) is 10.4. The second kappa shape index (κ2) is 5.40. The van der Waals surface area contributed by atoms with E-state index in [-0.39, 0.29) is 17.8 Å². The number of hydrogen-bond donors (Lipinski definition) is 5. The van der Waals surface area contributed by atoms with Gasteiger partial charge in [0.1, 0.15) is 11.8 Å². The van der Waals surface area contributed by atoms with Crippen molar-refractivity contribution in [3.05, 3.63) is 35.5 Å². The lowest BCUT2D eigenvalue weighted by Gasteiger charge is -2.18. The summed E-state index contributed by atoms with van der Waals surface area (Å²) in [5, 5.41) is 32.5. The number of H-pyrrole nitrogens is 1. The quantitative estimate of drug-likeness (QED) is 0.540. The number of benzene rings is 1. The number of aromatic amines is 1. The first-order valence-corrected chi connectivity index (χ1v) is 5.91. The van der Waals surface area contributed by atoms with Crippen molar-refractivity contribution < 1.29 is 20.1 Å². The lowest BCUT2D eigenvalue weighted by atomic mass is 10.0. The molecule has 0 spiro atoms. The molecule has 0 aliphatic rings.